The number of hydrogen-bond acceptors (Lipinski definition) is 3. The fraction of sp³-hybridized carbons (Fsp3) is 0.600. The number of likely N-dealkylation sites (tertiary alicyclic amines) is 1. The zero-order valence-corrected chi connectivity index (χ0v) is 11.3. The Morgan fingerprint density at radius 2 is 2.11 bits per heavy atom. The van der Waals surface area contributed by atoms with Gasteiger partial charge in [0.2, 0.25) is 0 Å². The van der Waals surface area contributed by atoms with Gasteiger partial charge in [-0.1, -0.05) is 12.1 Å². The molecular weight excluding hydrogens is 224 g/mol. The van der Waals surface area contributed by atoms with E-state index < -0.39 is 0 Å². The Labute approximate surface area is 110 Å². The molecule has 1 aliphatic heterocycles. The average molecular weight is 248 g/mol. The van der Waals surface area contributed by atoms with Crippen molar-refractivity contribution in [2.75, 3.05) is 32.0 Å². The Morgan fingerprint density at radius 3 is 2.83 bits per heavy atom. The van der Waals surface area contributed by atoms with E-state index in [1.165, 1.54) is 24.9 Å². The summed E-state index contributed by atoms with van der Waals surface area (Å²) < 4.78 is 5.72. The molecule has 2 rings (SSSR count). The summed E-state index contributed by atoms with van der Waals surface area (Å²) in [4.78, 5) is 2.51. The lowest BCUT2D eigenvalue weighted by molar-refractivity contribution is 0.00632. The van der Waals surface area contributed by atoms with E-state index in [1.807, 2.05) is 12.1 Å². The van der Waals surface area contributed by atoms with Gasteiger partial charge in [-0.05, 0) is 50.4 Å². The Balaban J connectivity index is 1.77. The molecule has 1 aromatic carbocycles. The third-order valence-electron chi connectivity index (χ3n) is 3.56. The summed E-state index contributed by atoms with van der Waals surface area (Å²) in [5, 5.41) is 0. The highest BCUT2D eigenvalue weighted by Gasteiger charge is 2.19. The maximum Gasteiger partial charge on any atom is 0.0702 e. The van der Waals surface area contributed by atoms with Crippen LogP contribution in [0.2, 0.25) is 0 Å². The molecule has 3 nitrogen and oxygen atoms in total. The molecule has 0 aromatic heterocycles. The van der Waals surface area contributed by atoms with Crippen LogP contribution in [-0.4, -0.2) is 37.2 Å². The third kappa shape index (κ3) is 4.00. The molecule has 0 spiro atoms. The summed E-state index contributed by atoms with van der Waals surface area (Å²) >= 11 is 0. The van der Waals surface area contributed by atoms with Crippen LogP contribution < -0.4 is 5.73 Å². The van der Waals surface area contributed by atoms with Crippen LogP contribution in [0.5, 0.6) is 0 Å². The minimum absolute atomic E-state index is 0.440. The van der Waals surface area contributed by atoms with E-state index in [1.54, 1.807) is 0 Å². The van der Waals surface area contributed by atoms with Crippen molar-refractivity contribution in [2.45, 2.75) is 32.3 Å². The van der Waals surface area contributed by atoms with Gasteiger partial charge in [-0.25, -0.2) is 0 Å². The first-order valence-electron chi connectivity index (χ1n) is 6.96. The van der Waals surface area contributed by atoms with Gasteiger partial charge >= 0.3 is 0 Å². The second-order valence-corrected chi connectivity index (χ2v) is 5.01. The highest BCUT2D eigenvalue weighted by atomic mass is 16.5. The molecule has 0 amide bonds. The molecule has 100 valence electrons. The normalized spacial score (nSPS) is 21.1. The summed E-state index contributed by atoms with van der Waals surface area (Å²) in [6.45, 7) is 6.32. The van der Waals surface area contributed by atoms with Gasteiger partial charge in [0.15, 0.2) is 0 Å². The van der Waals surface area contributed by atoms with Crippen LogP contribution in [-0.2, 0) is 11.2 Å². The highest BCUT2D eigenvalue weighted by Crippen LogP contribution is 2.14. The fourth-order valence-corrected chi connectivity index (χ4v) is 2.56. The monoisotopic (exact) mass is 248 g/mol. The quantitative estimate of drug-likeness (QED) is 0.813. The Morgan fingerprint density at radius 1 is 1.33 bits per heavy atom. The SMILES string of the molecule is CCOC1CCCN(CCc2ccc(N)cc2)C1. The largest absolute Gasteiger partial charge is 0.399 e. The molecule has 1 saturated heterocycles. The van der Waals surface area contributed by atoms with Crippen LogP contribution in [0.25, 0.3) is 0 Å². The Kier molecular flexibility index (Phi) is 5.02. The van der Waals surface area contributed by atoms with Crippen LogP contribution in [0.3, 0.4) is 0 Å². The maximum atomic E-state index is 5.72. The number of benzene rings is 1. The topological polar surface area (TPSA) is 38.5 Å². The molecule has 0 saturated carbocycles. The molecule has 1 aromatic rings. The van der Waals surface area contributed by atoms with Crippen molar-refractivity contribution in [1.29, 1.82) is 0 Å². The number of piperidine rings is 1. The van der Waals surface area contributed by atoms with Gasteiger partial charge in [0.1, 0.15) is 0 Å². The number of nitrogen functional groups attached to an aromatic ring is 1. The van der Waals surface area contributed by atoms with Crippen molar-refractivity contribution in [3.63, 3.8) is 0 Å². The summed E-state index contributed by atoms with van der Waals surface area (Å²) in [6, 6.07) is 8.21. The lowest BCUT2D eigenvalue weighted by Gasteiger charge is -2.32. The smallest absolute Gasteiger partial charge is 0.0702 e. The number of nitrogens with zero attached hydrogens (tertiary/aromatic N) is 1. The van der Waals surface area contributed by atoms with Crippen molar-refractivity contribution >= 4 is 5.69 Å². The van der Waals surface area contributed by atoms with Crippen LogP contribution in [0.1, 0.15) is 25.3 Å². The Bertz CT molecular complexity index is 348. The van der Waals surface area contributed by atoms with Gasteiger partial charge in [-0.2, -0.15) is 0 Å². The molecule has 3 heteroatoms. The van der Waals surface area contributed by atoms with Crippen LogP contribution in [0.4, 0.5) is 5.69 Å². The Hall–Kier alpha value is -1.06. The standard InChI is InChI=1S/C15H24N2O/c1-2-18-15-4-3-10-17(12-15)11-9-13-5-7-14(16)8-6-13/h5-8,15H,2-4,9-12,16H2,1H3. The number of ether oxygens (including phenoxy) is 1. The van der Waals surface area contributed by atoms with E-state index in [0.29, 0.717) is 6.10 Å². The highest BCUT2D eigenvalue weighted by molar-refractivity contribution is 5.39. The summed E-state index contributed by atoms with van der Waals surface area (Å²) in [5.41, 5.74) is 7.89. The average Bonchev–Trinajstić information content (AvgIpc) is 2.39. The molecule has 1 heterocycles. The number of nitrogens with two attached hydrogens (primary N) is 1. The van der Waals surface area contributed by atoms with Crippen LogP contribution in [0, 0.1) is 0 Å². The van der Waals surface area contributed by atoms with Crippen molar-refractivity contribution in [3.8, 4) is 0 Å². The lowest BCUT2D eigenvalue weighted by atomic mass is 10.1. The molecule has 0 radical (unpaired) electrons. The van der Waals surface area contributed by atoms with E-state index in [2.05, 4.69) is 24.0 Å². The van der Waals surface area contributed by atoms with E-state index in [0.717, 1.165) is 31.8 Å². The van der Waals surface area contributed by atoms with Crippen molar-refractivity contribution in [2.24, 2.45) is 0 Å². The molecule has 0 bridgehead atoms. The second-order valence-electron chi connectivity index (χ2n) is 5.01. The summed E-state index contributed by atoms with van der Waals surface area (Å²) in [7, 11) is 0. The predicted molar refractivity (Wildman–Crippen MR) is 75.6 cm³/mol. The van der Waals surface area contributed by atoms with E-state index in [4.69, 9.17) is 10.5 Å². The number of rotatable bonds is 5. The molecule has 1 atom stereocenters. The van der Waals surface area contributed by atoms with Gasteiger partial charge in [0.05, 0.1) is 6.10 Å². The van der Waals surface area contributed by atoms with Crippen molar-refractivity contribution < 1.29 is 4.74 Å². The van der Waals surface area contributed by atoms with E-state index in [9.17, 15) is 0 Å². The molecule has 18 heavy (non-hydrogen) atoms. The first-order valence-corrected chi connectivity index (χ1v) is 6.96. The van der Waals surface area contributed by atoms with Gasteiger partial charge in [0, 0.05) is 25.4 Å². The molecule has 0 aliphatic carbocycles. The van der Waals surface area contributed by atoms with E-state index in [-0.39, 0.29) is 0 Å². The molecule has 1 aliphatic rings. The minimum atomic E-state index is 0.440. The first kappa shape index (κ1) is 13.4. The molecular formula is C15H24N2O. The predicted octanol–water partition coefficient (Wildman–Crippen LogP) is 2.31. The summed E-state index contributed by atoms with van der Waals surface area (Å²) in [6.07, 6.45) is 4.01. The fourth-order valence-electron chi connectivity index (χ4n) is 2.56. The lowest BCUT2D eigenvalue weighted by Crippen LogP contribution is -2.40. The first-order chi connectivity index (χ1) is 8.78. The maximum absolute atomic E-state index is 5.72. The van der Waals surface area contributed by atoms with Gasteiger partial charge < -0.3 is 15.4 Å². The van der Waals surface area contributed by atoms with Crippen molar-refractivity contribution in [1.82, 2.24) is 4.90 Å². The second kappa shape index (κ2) is 6.76. The van der Waals surface area contributed by atoms with Gasteiger partial charge in [0.25, 0.3) is 0 Å². The van der Waals surface area contributed by atoms with Gasteiger partial charge in [-0.15, -0.1) is 0 Å². The third-order valence-corrected chi connectivity index (χ3v) is 3.56. The number of hydrogen-bond donors (Lipinski definition) is 1. The number of anilines is 1. The summed E-state index contributed by atoms with van der Waals surface area (Å²) in [5.74, 6) is 0. The molecule has 2 N–H and O–H groups in total. The van der Waals surface area contributed by atoms with Crippen LogP contribution in [0.15, 0.2) is 24.3 Å². The molecule has 1 unspecified atom stereocenters. The molecule has 1 fully saturated rings. The van der Waals surface area contributed by atoms with Crippen LogP contribution >= 0.6 is 0 Å². The minimum Gasteiger partial charge on any atom is -0.399 e. The van der Waals surface area contributed by atoms with E-state index >= 15 is 0 Å². The zero-order valence-electron chi connectivity index (χ0n) is 11.3. The van der Waals surface area contributed by atoms with Gasteiger partial charge in [-0.3, -0.25) is 0 Å². The zero-order chi connectivity index (χ0) is 12.8. The van der Waals surface area contributed by atoms with Crippen molar-refractivity contribution in [3.05, 3.63) is 29.8 Å².